The maximum absolute atomic E-state index is 4.71. The van der Waals surface area contributed by atoms with Gasteiger partial charge < -0.3 is 10.2 Å². The number of rotatable bonds is 6. The molecule has 2 aromatic carbocycles. The summed E-state index contributed by atoms with van der Waals surface area (Å²) >= 11 is 3.45. The van der Waals surface area contributed by atoms with Gasteiger partial charge in [-0.05, 0) is 43.7 Å². The molecule has 25 heavy (non-hydrogen) atoms. The molecule has 0 aliphatic carbocycles. The van der Waals surface area contributed by atoms with Crippen LogP contribution in [0.1, 0.15) is 18.2 Å². The summed E-state index contributed by atoms with van der Waals surface area (Å²) in [6.45, 7) is 5.75. The van der Waals surface area contributed by atoms with E-state index < -0.39 is 0 Å². The lowest BCUT2D eigenvalue weighted by Crippen LogP contribution is -2.24. The lowest BCUT2D eigenvalue weighted by Gasteiger charge is -2.22. The molecule has 1 heterocycles. The fourth-order valence-corrected chi connectivity index (χ4v) is 2.83. The number of hydrogen-bond donors (Lipinski definition) is 1. The zero-order valence-corrected chi connectivity index (χ0v) is 16.0. The van der Waals surface area contributed by atoms with E-state index in [9.17, 15) is 0 Å². The topological polar surface area (TPSA) is 41.1 Å². The Labute approximate surface area is 157 Å². The average molecular weight is 397 g/mol. The van der Waals surface area contributed by atoms with Crippen LogP contribution >= 0.6 is 15.9 Å². The van der Waals surface area contributed by atoms with Crippen molar-refractivity contribution in [3.8, 4) is 0 Å². The van der Waals surface area contributed by atoms with Crippen LogP contribution in [0.25, 0.3) is 0 Å². The highest BCUT2D eigenvalue weighted by Gasteiger charge is 2.11. The van der Waals surface area contributed by atoms with Crippen LogP contribution in [-0.4, -0.2) is 16.5 Å². The summed E-state index contributed by atoms with van der Waals surface area (Å²) in [6, 6.07) is 20.4. The third-order valence-electron chi connectivity index (χ3n) is 3.84. The SMILES string of the molecule is CCN(Cc1ccccc1)c1nc(C)cc(Nc2ccc(Br)cc2)n1. The normalized spacial score (nSPS) is 10.5. The number of hydrogen-bond acceptors (Lipinski definition) is 4. The van der Waals surface area contributed by atoms with Gasteiger partial charge in [0.25, 0.3) is 0 Å². The van der Waals surface area contributed by atoms with Crippen molar-refractivity contribution < 1.29 is 0 Å². The van der Waals surface area contributed by atoms with Crippen molar-refractivity contribution in [2.24, 2.45) is 0 Å². The van der Waals surface area contributed by atoms with Gasteiger partial charge in [-0.25, -0.2) is 4.98 Å². The van der Waals surface area contributed by atoms with Crippen molar-refractivity contribution in [2.45, 2.75) is 20.4 Å². The van der Waals surface area contributed by atoms with Gasteiger partial charge in [-0.2, -0.15) is 4.98 Å². The summed E-state index contributed by atoms with van der Waals surface area (Å²) in [5.74, 6) is 1.54. The van der Waals surface area contributed by atoms with Crippen LogP contribution in [-0.2, 0) is 6.54 Å². The molecule has 0 bridgehead atoms. The predicted molar refractivity (Wildman–Crippen MR) is 107 cm³/mol. The van der Waals surface area contributed by atoms with Gasteiger partial charge in [-0.15, -0.1) is 0 Å². The number of anilines is 3. The predicted octanol–water partition coefficient (Wildman–Crippen LogP) is 5.32. The Morgan fingerprint density at radius 3 is 2.40 bits per heavy atom. The van der Waals surface area contributed by atoms with Crippen molar-refractivity contribution in [1.29, 1.82) is 0 Å². The van der Waals surface area contributed by atoms with Gasteiger partial charge in [-0.1, -0.05) is 46.3 Å². The van der Waals surface area contributed by atoms with Gasteiger partial charge in [0.15, 0.2) is 0 Å². The first-order chi connectivity index (χ1) is 12.1. The van der Waals surface area contributed by atoms with Gasteiger partial charge >= 0.3 is 0 Å². The van der Waals surface area contributed by atoms with E-state index >= 15 is 0 Å². The Bertz CT molecular complexity index is 819. The molecule has 1 N–H and O–H groups in total. The third-order valence-corrected chi connectivity index (χ3v) is 4.37. The minimum atomic E-state index is 0.742. The molecule has 0 aliphatic heterocycles. The monoisotopic (exact) mass is 396 g/mol. The molecule has 0 spiro atoms. The minimum Gasteiger partial charge on any atom is -0.340 e. The highest BCUT2D eigenvalue weighted by Crippen LogP contribution is 2.21. The van der Waals surface area contributed by atoms with Gasteiger partial charge in [-0.3, -0.25) is 0 Å². The molecule has 4 nitrogen and oxygen atoms in total. The second-order valence-electron chi connectivity index (χ2n) is 5.83. The summed E-state index contributed by atoms with van der Waals surface area (Å²) in [7, 11) is 0. The van der Waals surface area contributed by atoms with Crippen molar-refractivity contribution in [3.05, 3.63) is 76.4 Å². The zero-order valence-electron chi connectivity index (χ0n) is 14.4. The highest BCUT2D eigenvalue weighted by molar-refractivity contribution is 9.10. The molecule has 3 rings (SSSR count). The van der Waals surface area contributed by atoms with Gasteiger partial charge in [0, 0.05) is 35.0 Å². The van der Waals surface area contributed by atoms with Crippen LogP contribution in [0.4, 0.5) is 17.5 Å². The Morgan fingerprint density at radius 1 is 1.00 bits per heavy atom. The van der Waals surface area contributed by atoms with Gasteiger partial charge in [0.2, 0.25) is 5.95 Å². The molecular formula is C20H21BrN4. The molecule has 0 fully saturated rings. The summed E-state index contributed by atoms with van der Waals surface area (Å²) < 4.78 is 1.05. The van der Waals surface area contributed by atoms with E-state index in [1.807, 2.05) is 43.3 Å². The molecule has 5 heteroatoms. The van der Waals surface area contributed by atoms with Crippen LogP contribution in [0.5, 0.6) is 0 Å². The first-order valence-electron chi connectivity index (χ1n) is 8.31. The van der Waals surface area contributed by atoms with Crippen LogP contribution < -0.4 is 10.2 Å². The van der Waals surface area contributed by atoms with Crippen molar-refractivity contribution in [3.63, 3.8) is 0 Å². The van der Waals surface area contributed by atoms with E-state index in [2.05, 4.69) is 62.3 Å². The van der Waals surface area contributed by atoms with E-state index in [-0.39, 0.29) is 0 Å². The van der Waals surface area contributed by atoms with E-state index in [0.29, 0.717) is 0 Å². The molecule has 0 amide bonds. The molecule has 0 radical (unpaired) electrons. The van der Waals surface area contributed by atoms with E-state index in [1.165, 1.54) is 5.56 Å². The largest absolute Gasteiger partial charge is 0.340 e. The standard InChI is InChI=1S/C20H21BrN4/c1-3-25(14-16-7-5-4-6-8-16)20-22-15(2)13-19(24-20)23-18-11-9-17(21)10-12-18/h4-13H,3,14H2,1-2H3,(H,22,23,24). The zero-order chi connectivity index (χ0) is 17.6. The van der Waals surface area contributed by atoms with E-state index in [4.69, 9.17) is 4.98 Å². The maximum atomic E-state index is 4.71. The minimum absolute atomic E-state index is 0.742. The number of aryl methyl sites for hydroxylation is 1. The fourth-order valence-electron chi connectivity index (χ4n) is 2.57. The lowest BCUT2D eigenvalue weighted by atomic mass is 10.2. The molecular weight excluding hydrogens is 376 g/mol. The fraction of sp³-hybridized carbons (Fsp3) is 0.200. The second-order valence-corrected chi connectivity index (χ2v) is 6.74. The summed E-state index contributed by atoms with van der Waals surface area (Å²) in [6.07, 6.45) is 0. The van der Waals surface area contributed by atoms with Crippen molar-refractivity contribution in [1.82, 2.24) is 9.97 Å². The summed E-state index contributed by atoms with van der Waals surface area (Å²) in [5.41, 5.74) is 3.19. The Morgan fingerprint density at radius 2 is 1.72 bits per heavy atom. The number of nitrogens with zero attached hydrogens (tertiary/aromatic N) is 3. The molecule has 0 atom stereocenters. The molecule has 0 saturated carbocycles. The van der Waals surface area contributed by atoms with Crippen molar-refractivity contribution in [2.75, 3.05) is 16.8 Å². The van der Waals surface area contributed by atoms with Crippen LogP contribution in [0.3, 0.4) is 0 Å². The second kappa shape index (κ2) is 8.12. The molecule has 3 aromatic rings. The van der Waals surface area contributed by atoms with Crippen LogP contribution in [0, 0.1) is 6.92 Å². The van der Waals surface area contributed by atoms with Crippen LogP contribution in [0.2, 0.25) is 0 Å². The number of nitrogens with one attached hydrogen (secondary N) is 1. The molecule has 0 aliphatic rings. The molecule has 1 aromatic heterocycles. The Balaban J connectivity index is 1.83. The van der Waals surface area contributed by atoms with Gasteiger partial charge in [0.05, 0.1) is 0 Å². The smallest absolute Gasteiger partial charge is 0.227 e. The highest BCUT2D eigenvalue weighted by atomic mass is 79.9. The third kappa shape index (κ3) is 4.79. The average Bonchev–Trinajstić information content (AvgIpc) is 2.62. The van der Waals surface area contributed by atoms with E-state index in [1.54, 1.807) is 0 Å². The first-order valence-corrected chi connectivity index (χ1v) is 9.10. The van der Waals surface area contributed by atoms with Crippen molar-refractivity contribution >= 4 is 33.4 Å². The number of aromatic nitrogens is 2. The summed E-state index contributed by atoms with van der Waals surface area (Å²) in [5, 5.41) is 3.36. The number of benzene rings is 2. The molecule has 0 unspecified atom stereocenters. The van der Waals surface area contributed by atoms with E-state index in [0.717, 1.165) is 40.7 Å². The molecule has 0 saturated heterocycles. The quantitative estimate of drug-likeness (QED) is 0.612. The molecule has 128 valence electrons. The Kier molecular flexibility index (Phi) is 5.66. The maximum Gasteiger partial charge on any atom is 0.227 e. The number of halogens is 1. The first kappa shape index (κ1) is 17.4. The van der Waals surface area contributed by atoms with Gasteiger partial charge in [0.1, 0.15) is 5.82 Å². The van der Waals surface area contributed by atoms with Crippen LogP contribution in [0.15, 0.2) is 65.1 Å². The Hall–Kier alpha value is -2.40. The summed E-state index contributed by atoms with van der Waals surface area (Å²) in [4.78, 5) is 11.5. The lowest BCUT2D eigenvalue weighted by molar-refractivity contribution is 0.788.